The lowest BCUT2D eigenvalue weighted by Gasteiger charge is -2.32. The molecule has 4 fully saturated rings. The number of alkyl carbamates (subject to hydrolysis) is 1. The molecule has 1 aliphatic carbocycles. The largest absolute Gasteiger partial charge is 0.444 e. The normalized spacial score (nSPS) is 31.6. The molecule has 4 N–H and O–H groups in total. The van der Waals surface area contributed by atoms with E-state index in [1.807, 2.05) is 11.8 Å². The van der Waals surface area contributed by atoms with Crippen molar-refractivity contribution in [2.24, 2.45) is 17.8 Å². The Morgan fingerprint density at radius 2 is 1.90 bits per heavy atom. The van der Waals surface area contributed by atoms with E-state index in [1.165, 1.54) is 24.6 Å². The third-order valence-corrected chi connectivity index (χ3v) is 11.3. The van der Waals surface area contributed by atoms with Crippen LogP contribution in [0.2, 0.25) is 0 Å². The molecule has 39 heavy (non-hydrogen) atoms. The van der Waals surface area contributed by atoms with Crippen LogP contribution >= 0.6 is 23.5 Å². The first kappa shape index (κ1) is 29.0. The second-order valence-corrected chi connectivity index (χ2v) is 13.5. The van der Waals surface area contributed by atoms with Gasteiger partial charge < -0.3 is 15.4 Å². The summed E-state index contributed by atoms with van der Waals surface area (Å²) in [7, 11) is 0. The van der Waals surface area contributed by atoms with Gasteiger partial charge in [0.2, 0.25) is 5.91 Å². The number of alkyl halides is 3. The van der Waals surface area contributed by atoms with Gasteiger partial charge in [0.25, 0.3) is 0 Å². The van der Waals surface area contributed by atoms with Crippen molar-refractivity contribution in [1.82, 2.24) is 21.3 Å². The molecule has 3 saturated heterocycles. The van der Waals surface area contributed by atoms with Crippen LogP contribution in [0.4, 0.5) is 18.0 Å². The van der Waals surface area contributed by atoms with Gasteiger partial charge in [0.15, 0.2) is 0 Å². The molecule has 2 amide bonds. The predicted molar refractivity (Wildman–Crippen MR) is 147 cm³/mol. The van der Waals surface area contributed by atoms with E-state index in [2.05, 4.69) is 21.3 Å². The molecular formula is C27H37F3N4O3S2. The second-order valence-electron chi connectivity index (χ2n) is 10.9. The molecule has 6 unspecified atom stereocenters. The lowest BCUT2D eigenvalue weighted by molar-refractivity contribution is -0.138. The predicted octanol–water partition coefficient (Wildman–Crippen LogP) is 4.33. The van der Waals surface area contributed by atoms with E-state index >= 15 is 0 Å². The van der Waals surface area contributed by atoms with Crippen LogP contribution in [0.25, 0.3) is 0 Å². The lowest BCUT2D eigenvalue weighted by Crippen LogP contribution is -2.50. The monoisotopic (exact) mass is 586 g/mol. The number of hydrogen-bond acceptors (Lipinski definition) is 8. The van der Waals surface area contributed by atoms with E-state index in [-0.39, 0.29) is 22.2 Å². The van der Waals surface area contributed by atoms with E-state index in [0.717, 1.165) is 63.6 Å². The molecule has 216 valence electrons. The summed E-state index contributed by atoms with van der Waals surface area (Å²) in [4.78, 5) is 26.0. The number of ether oxygens (including phenoxy) is 1. The lowest BCUT2D eigenvalue weighted by atomic mass is 9.74. The summed E-state index contributed by atoms with van der Waals surface area (Å²) in [6.45, 7) is 2.16. The number of benzene rings is 1. The Bertz CT molecular complexity index is 997. The standard InChI is InChI=1S/C27H37F3N4O3S2/c28-27(29,30)19-9-5-4-8-17(19)14-37-26(36)34-24(35)23-18(16-6-2-1-3-7-16)15-38-25(23)32-13-22-33-20-12-31-11-10-21(20)39-22/h4-5,8-9,16,18,20-23,25,31-33H,1-3,6-7,10-15H2,(H,34,35,36). The van der Waals surface area contributed by atoms with Crippen LogP contribution in [0.3, 0.4) is 0 Å². The van der Waals surface area contributed by atoms with Gasteiger partial charge in [0, 0.05) is 29.9 Å². The quantitative estimate of drug-likeness (QED) is 0.376. The number of piperidine rings is 1. The van der Waals surface area contributed by atoms with E-state index in [4.69, 9.17) is 4.74 Å². The summed E-state index contributed by atoms with van der Waals surface area (Å²) in [5, 5.41) is 13.8. The Kier molecular flexibility index (Phi) is 9.69. The van der Waals surface area contributed by atoms with Crippen LogP contribution in [-0.4, -0.2) is 59.4 Å². The molecule has 6 atom stereocenters. The zero-order valence-corrected chi connectivity index (χ0v) is 23.4. The van der Waals surface area contributed by atoms with Crippen LogP contribution in [0.1, 0.15) is 49.7 Å². The molecule has 4 aliphatic rings. The van der Waals surface area contributed by atoms with Gasteiger partial charge in [-0.3, -0.25) is 15.4 Å². The third kappa shape index (κ3) is 7.25. The number of imide groups is 1. The van der Waals surface area contributed by atoms with E-state index in [9.17, 15) is 22.8 Å². The first-order chi connectivity index (χ1) is 18.8. The summed E-state index contributed by atoms with van der Waals surface area (Å²) >= 11 is 3.69. The maximum atomic E-state index is 13.5. The van der Waals surface area contributed by atoms with Gasteiger partial charge in [-0.2, -0.15) is 13.2 Å². The molecule has 0 bridgehead atoms. The van der Waals surface area contributed by atoms with Crippen molar-refractivity contribution in [3.63, 3.8) is 0 Å². The van der Waals surface area contributed by atoms with Crippen molar-refractivity contribution in [2.75, 3.05) is 25.4 Å². The fourth-order valence-corrected chi connectivity index (χ4v) is 9.57. The Morgan fingerprint density at radius 1 is 1.10 bits per heavy atom. The zero-order valence-electron chi connectivity index (χ0n) is 21.8. The van der Waals surface area contributed by atoms with Crippen LogP contribution in [0.5, 0.6) is 0 Å². The number of thioether (sulfide) groups is 2. The number of halogens is 3. The molecule has 1 aromatic carbocycles. The highest BCUT2D eigenvalue weighted by Crippen LogP contribution is 2.45. The summed E-state index contributed by atoms with van der Waals surface area (Å²) in [5.74, 6) is 0.587. The van der Waals surface area contributed by atoms with Crippen LogP contribution in [0, 0.1) is 17.8 Å². The first-order valence-corrected chi connectivity index (χ1v) is 15.9. The fourth-order valence-electron chi connectivity index (χ4n) is 6.43. The molecule has 0 spiro atoms. The molecule has 0 aromatic heterocycles. The highest BCUT2D eigenvalue weighted by atomic mass is 32.2. The van der Waals surface area contributed by atoms with E-state index < -0.39 is 36.3 Å². The molecule has 7 nitrogen and oxygen atoms in total. The zero-order chi connectivity index (χ0) is 27.4. The van der Waals surface area contributed by atoms with Gasteiger partial charge in [0.05, 0.1) is 22.2 Å². The molecular weight excluding hydrogens is 549 g/mol. The maximum Gasteiger partial charge on any atom is 0.416 e. The molecule has 0 radical (unpaired) electrons. The first-order valence-electron chi connectivity index (χ1n) is 13.9. The van der Waals surface area contributed by atoms with Gasteiger partial charge in [-0.25, -0.2) is 4.79 Å². The topological polar surface area (TPSA) is 91.5 Å². The Hall–Kier alpha value is -1.47. The molecule has 5 rings (SSSR count). The second kappa shape index (κ2) is 13.0. The van der Waals surface area contributed by atoms with Crippen molar-refractivity contribution in [3.8, 4) is 0 Å². The molecule has 3 aliphatic heterocycles. The number of nitrogens with one attached hydrogen (secondary N) is 4. The number of rotatable bonds is 7. The Labute approximate surface area is 235 Å². The fraction of sp³-hybridized carbons (Fsp3) is 0.704. The van der Waals surface area contributed by atoms with Gasteiger partial charge in [-0.1, -0.05) is 50.3 Å². The van der Waals surface area contributed by atoms with Crippen LogP contribution in [0.15, 0.2) is 24.3 Å². The summed E-state index contributed by atoms with van der Waals surface area (Å²) < 4.78 is 45.0. The van der Waals surface area contributed by atoms with Gasteiger partial charge in [0.1, 0.15) is 6.61 Å². The average molecular weight is 587 g/mol. The van der Waals surface area contributed by atoms with Crippen molar-refractivity contribution in [2.45, 2.75) is 73.3 Å². The highest BCUT2D eigenvalue weighted by Gasteiger charge is 2.46. The molecule has 3 heterocycles. The van der Waals surface area contributed by atoms with Crippen molar-refractivity contribution < 1.29 is 27.5 Å². The van der Waals surface area contributed by atoms with Crippen molar-refractivity contribution in [1.29, 1.82) is 0 Å². The van der Waals surface area contributed by atoms with Crippen LogP contribution in [-0.2, 0) is 22.3 Å². The summed E-state index contributed by atoms with van der Waals surface area (Å²) in [6.07, 6.45) is 1.24. The number of amides is 2. The Balaban J connectivity index is 1.20. The number of hydrogen-bond donors (Lipinski definition) is 4. The third-order valence-electron chi connectivity index (χ3n) is 8.38. The van der Waals surface area contributed by atoms with Crippen LogP contribution < -0.4 is 21.3 Å². The van der Waals surface area contributed by atoms with Gasteiger partial charge in [-0.05, 0) is 36.6 Å². The SMILES string of the molecule is O=C(NC(=O)C1C(NCC2NC3CNCCC3S2)SCC1C1CCCCC1)OCc1ccccc1C(F)(F)F. The smallest absolute Gasteiger partial charge is 0.416 e. The van der Waals surface area contributed by atoms with Gasteiger partial charge >= 0.3 is 12.3 Å². The molecule has 1 aromatic rings. The minimum absolute atomic E-state index is 0.140. The summed E-state index contributed by atoms with van der Waals surface area (Å²) in [6, 6.07) is 5.42. The van der Waals surface area contributed by atoms with Gasteiger partial charge in [-0.15, -0.1) is 23.5 Å². The van der Waals surface area contributed by atoms with E-state index in [0.29, 0.717) is 17.2 Å². The average Bonchev–Trinajstić information content (AvgIpc) is 3.55. The van der Waals surface area contributed by atoms with Crippen molar-refractivity contribution in [3.05, 3.63) is 35.4 Å². The number of carbonyl (C=O) groups is 2. The Morgan fingerprint density at radius 3 is 2.67 bits per heavy atom. The molecule has 1 saturated carbocycles. The van der Waals surface area contributed by atoms with E-state index in [1.54, 1.807) is 11.8 Å². The summed E-state index contributed by atoms with van der Waals surface area (Å²) in [5.41, 5.74) is -1.01. The minimum atomic E-state index is -4.56. The number of fused-ring (bicyclic) bond motifs is 1. The minimum Gasteiger partial charge on any atom is -0.444 e. The van der Waals surface area contributed by atoms with Crippen molar-refractivity contribution >= 4 is 35.5 Å². The maximum absolute atomic E-state index is 13.5. The number of carbonyl (C=O) groups excluding carboxylic acids is 2. The molecule has 12 heteroatoms. The highest BCUT2D eigenvalue weighted by molar-refractivity contribution is 8.01.